The van der Waals surface area contributed by atoms with Crippen molar-refractivity contribution in [2.45, 2.75) is 32.9 Å². The zero-order chi connectivity index (χ0) is 10.8. The number of β-amino-alcohol motifs (C(OH)–C–C–N with tert-alkyl or cyclic N) is 1. The fourth-order valence-electron chi connectivity index (χ4n) is 2.17. The molecule has 0 aromatic heterocycles. The van der Waals surface area contributed by atoms with Gasteiger partial charge in [0.1, 0.15) is 0 Å². The van der Waals surface area contributed by atoms with Crippen molar-refractivity contribution in [3.63, 3.8) is 0 Å². The van der Waals surface area contributed by atoms with E-state index in [0.717, 1.165) is 26.1 Å². The lowest BCUT2D eigenvalue weighted by molar-refractivity contribution is 0.174. The van der Waals surface area contributed by atoms with Crippen LogP contribution in [0.15, 0.2) is 18.2 Å². The molecule has 0 amide bonds. The number of aliphatic hydroxyl groups is 1. The first-order chi connectivity index (χ1) is 7.15. The van der Waals surface area contributed by atoms with Gasteiger partial charge in [-0.2, -0.15) is 0 Å². The van der Waals surface area contributed by atoms with E-state index in [9.17, 15) is 5.11 Å². The van der Waals surface area contributed by atoms with Gasteiger partial charge in [0.2, 0.25) is 0 Å². The van der Waals surface area contributed by atoms with Crippen molar-refractivity contribution in [3.05, 3.63) is 34.9 Å². The molecule has 2 rings (SSSR count). The minimum absolute atomic E-state index is 0.116. The van der Waals surface area contributed by atoms with Crippen LogP contribution in [-0.4, -0.2) is 29.2 Å². The minimum Gasteiger partial charge on any atom is -0.392 e. The first-order valence-electron chi connectivity index (χ1n) is 5.61. The second kappa shape index (κ2) is 4.33. The van der Waals surface area contributed by atoms with E-state index >= 15 is 0 Å². The van der Waals surface area contributed by atoms with Crippen molar-refractivity contribution in [2.75, 3.05) is 13.1 Å². The molecule has 1 atom stereocenters. The molecule has 0 bridgehead atoms. The number of hydrogen-bond acceptors (Lipinski definition) is 2. The van der Waals surface area contributed by atoms with Crippen molar-refractivity contribution in [1.29, 1.82) is 0 Å². The van der Waals surface area contributed by atoms with E-state index in [1.54, 1.807) is 0 Å². The second-order valence-electron chi connectivity index (χ2n) is 4.61. The molecule has 1 heterocycles. The first kappa shape index (κ1) is 10.7. The van der Waals surface area contributed by atoms with Crippen LogP contribution in [0.2, 0.25) is 0 Å². The zero-order valence-corrected chi connectivity index (χ0v) is 9.53. The molecule has 0 saturated carbocycles. The van der Waals surface area contributed by atoms with Crippen LogP contribution < -0.4 is 0 Å². The highest BCUT2D eigenvalue weighted by atomic mass is 16.3. The van der Waals surface area contributed by atoms with Crippen LogP contribution in [0.5, 0.6) is 0 Å². The Morgan fingerprint density at radius 1 is 1.40 bits per heavy atom. The van der Waals surface area contributed by atoms with Gasteiger partial charge in [0, 0.05) is 19.6 Å². The Bertz CT molecular complexity index is 348. The standard InChI is InChI=1S/C13H19NO/c1-10-3-4-11(2)12(7-10)8-14-6-5-13(15)9-14/h3-4,7,13,15H,5-6,8-9H2,1-2H3/t13-/m0/s1. The van der Waals surface area contributed by atoms with E-state index in [2.05, 4.69) is 36.9 Å². The highest BCUT2D eigenvalue weighted by molar-refractivity contribution is 5.30. The van der Waals surface area contributed by atoms with Crippen molar-refractivity contribution in [3.8, 4) is 0 Å². The molecule has 1 fully saturated rings. The summed E-state index contributed by atoms with van der Waals surface area (Å²) in [6.07, 6.45) is 0.806. The molecule has 0 radical (unpaired) electrons. The number of hydrogen-bond donors (Lipinski definition) is 1. The Labute approximate surface area is 91.5 Å². The fraction of sp³-hybridized carbons (Fsp3) is 0.538. The third kappa shape index (κ3) is 2.58. The molecule has 82 valence electrons. The van der Waals surface area contributed by atoms with Gasteiger partial charge in [0.15, 0.2) is 0 Å². The van der Waals surface area contributed by atoms with Gasteiger partial charge in [-0.3, -0.25) is 4.90 Å². The molecular weight excluding hydrogens is 186 g/mol. The lowest BCUT2D eigenvalue weighted by Crippen LogP contribution is -2.21. The van der Waals surface area contributed by atoms with Gasteiger partial charge in [0.25, 0.3) is 0 Å². The normalized spacial score (nSPS) is 22.2. The smallest absolute Gasteiger partial charge is 0.0679 e. The molecule has 0 aliphatic carbocycles. The van der Waals surface area contributed by atoms with Crippen LogP contribution in [0.25, 0.3) is 0 Å². The molecule has 2 nitrogen and oxygen atoms in total. The van der Waals surface area contributed by atoms with Crippen LogP contribution in [0.1, 0.15) is 23.1 Å². The molecule has 1 aliphatic rings. The molecule has 2 heteroatoms. The predicted molar refractivity (Wildman–Crippen MR) is 61.8 cm³/mol. The highest BCUT2D eigenvalue weighted by Crippen LogP contribution is 2.17. The highest BCUT2D eigenvalue weighted by Gasteiger charge is 2.20. The Morgan fingerprint density at radius 2 is 2.20 bits per heavy atom. The summed E-state index contributed by atoms with van der Waals surface area (Å²) in [7, 11) is 0. The summed E-state index contributed by atoms with van der Waals surface area (Å²) in [6.45, 7) is 7.11. The van der Waals surface area contributed by atoms with Gasteiger partial charge < -0.3 is 5.11 Å². The monoisotopic (exact) mass is 205 g/mol. The lowest BCUT2D eigenvalue weighted by atomic mass is 10.1. The molecular formula is C13H19NO. The van der Waals surface area contributed by atoms with Crippen LogP contribution in [0.3, 0.4) is 0 Å². The Hall–Kier alpha value is -0.860. The molecule has 1 aliphatic heterocycles. The Kier molecular flexibility index (Phi) is 3.08. The van der Waals surface area contributed by atoms with Gasteiger partial charge >= 0.3 is 0 Å². The maximum absolute atomic E-state index is 9.46. The quantitative estimate of drug-likeness (QED) is 0.796. The summed E-state index contributed by atoms with van der Waals surface area (Å²) < 4.78 is 0. The van der Waals surface area contributed by atoms with Crippen LogP contribution in [0, 0.1) is 13.8 Å². The van der Waals surface area contributed by atoms with Crippen molar-refractivity contribution < 1.29 is 5.11 Å². The second-order valence-corrected chi connectivity index (χ2v) is 4.61. The molecule has 0 unspecified atom stereocenters. The number of benzene rings is 1. The van der Waals surface area contributed by atoms with Gasteiger partial charge in [-0.1, -0.05) is 23.8 Å². The summed E-state index contributed by atoms with van der Waals surface area (Å²) in [6, 6.07) is 6.58. The van der Waals surface area contributed by atoms with E-state index in [0.29, 0.717) is 0 Å². The molecule has 1 N–H and O–H groups in total. The summed E-state index contributed by atoms with van der Waals surface area (Å²) in [5, 5.41) is 9.46. The van der Waals surface area contributed by atoms with E-state index in [1.807, 2.05) is 0 Å². The molecule has 0 spiro atoms. The molecule has 1 aromatic carbocycles. The minimum atomic E-state index is -0.116. The largest absolute Gasteiger partial charge is 0.392 e. The lowest BCUT2D eigenvalue weighted by Gasteiger charge is -2.16. The average molecular weight is 205 g/mol. The summed E-state index contributed by atoms with van der Waals surface area (Å²) in [5.74, 6) is 0. The molecule has 1 saturated heterocycles. The first-order valence-corrected chi connectivity index (χ1v) is 5.61. The van der Waals surface area contributed by atoms with Crippen LogP contribution in [-0.2, 0) is 6.54 Å². The van der Waals surface area contributed by atoms with E-state index in [1.165, 1.54) is 16.7 Å². The van der Waals surface area contributed by atoms with E-state index in [4.69, 9.17) is 0 Å². The predicted octanol–water partition coefficient (Wildman–Crippen LogP) is 1.87. The van der Waals surface area contributed by atoms with Gasteiger partial charge in [0.05, 0.1) is 6.10 Å². The van der Waals surface area contributed by atoms with Crippen LogP contribution in [0.4, 0.5) is 0 Å². The summed E-state index contributed by atoms with van der Waals surface area (Å²) in [5.41, 5.74) is 4.06. The number of likely N-dealkylation sites (tertiary alicyclic amines) is 1. The zero-order valence-electron chi connectivity index (χ0n) is 9.53. The molecule has 15 heavy (non-hydrogen) atoms. The molecule has 1 aromatic rings. The maximum Gasteiger partial charge on any atom is 0.0679 e. The maximum atomic E-state index is 9.46. The number of rotatable bonds is 2. The van der Waals surface area contributed by atoms with Crippen LogP contribution >= 0.6 is 0 Å². The number of aliphatic hydroxyl groups excluding tert-OH is 1. The van der Waals surface area contributed by atoms with Gasteiger partial charge in [-0.05, 0) is 31.4 Å². The Morgan fingerprint density at radius 3 is 2.87 bits per heavy atom. The van der Waals surface area contributed by atoms with Crippen molar-refractivity contribution in [2.24, 2.45) is 0 Å². The number of aryl methyl sites for hydroxylation is 2. The third-order valence-electron chi connectivity index (χ3n) is 3.15. The van der Waals surface area contributed by atoms with Gasteiger partial charge in [-0.15, -0.1) is 0 Å². The summed E-state index contributed by atoms with van der Waals surface area (Å²) in [4.78, 5) is 2.33. The summed E-state index contributed by atoms with van der Waals surface area (Å²) >= 11 is 0. The van der Waals surface area contributed by atoms with Crippen molar-refractivity contribution in [1.82, 2.24) is 4.90 Å². The topological polar surface area (TPSA) is 23.5 Å². The Balaban J connectivity index is 2.07. The SMILES string of the molecule is Cc1ccc(C)c(CN2CC[C@H](O)C2)c1. The fourth-order valence-corrected chi connectivity index (χ4v) is 2.17. The third-order valence-corrected chi connectivity index (χ3v) is 3.15. The van der Waals surface area contributed by atoms with Crippen molar-refractivity contribution >= 4 is 0 Å². The average Bonchev–Trinajstić information content (AvgIpc) is 2.58. The van der Waals surface area contributed by atoms with E-state index < -0.39 is 0 Å². The van der Waals surface area contributed by atoms with Gasteiger partial charge in [-0.25, -0.2) is 0 Å². The van der Waals surface area contributed by atoms with E-state index in [-0.39, 0.29) is 6.10 Å². The number of nitrogens with zero attached hydrogens (tertiary/aromatic N) is 1.